The Bertz CT molecular complexity index is 413. The van der Waals surface area contributed by atoms with E-state index in [9.17, 15) is 18.0 Å². The Hall–Kier alpha value is -1.59. The van der Waals surface area contributed by atoms with E-state index in [-0.39, 0.29) is 11.4 Å². The van der Waals surface area contributed by atoms with Gasteiger partial charge in [-0.1, -0.05) is 0 Å². The largest absolute Gasteiger partial charge is 0.478 e. The van der Waals surface area contributed by atoms with Crippen LogP contribution in [0.15, 0.2) is 6.07 Å². The Morgan fingerprint density at radius 1 is 1.40 bits per heavy atom. The van der Waals surface area contributed by atoms with Crippen LogP contribution in [0.1, 0.15) is 27.3 Å². The summed E-state index contributed by atoms with van der Waals surface area (Å²) in [5.41, 5.74) is -1.92. The summed E-state index contributed by atoms with van der Waals surface area (Å²) in [7, 11) is 0. The molecule has 0 radical (unpaired) electrons. The molecule has 0 aliphatic carbocycles. The maximum atomic E-state index is 12.5. The number of hydrogen-bond donors (Lipinski definition) is 1. The van der Waals surface area contributed by atoms with E-state index in [1.807, 2.05) is 0 Å². The fraction of sp³-hybridized carbons (Fsp3) is 0.333. The van der Waals surface area contributed by atoms with Crippen molar-refractivity contribution in [2.45, 2.75) is 20.0 Å². The van der Waals surface area contributed by atoms with Crippen LogP contribution in [0, 0.1) is 13.8 Å². The van der Waals surface area contributed by atoms with E-state index in [0.717, 1.165) is 6.07 Å². The van der Waals surface area contributed by atoms with Crippen LogP contribution in [0.5, 0.6) is 0 Å². The van der Waals surface area contributed by atoms with Gasteiger partial charge in [0.2, 0.25) is 0 Å². The van der Waals surface area contributed by atoms with Gasteiger partial charge in [0.25, 0.3) is 0 Å². The summed E-state index contributed by atoms with van der Waals surface area (Å²) in [6, 6.07) is 0.733. The Kier molecular flexibility index (Phi) is 2.70. The van der Waals surface area contributed by atoms with Crippen LogP contribution in [0.4, 0.5) is 13.2 Å². The standard InChI is InChI=1S/C9H8F3NO2/c1-4-3-6(9(10,11)12)7(8(14)15)5(2)13-4/h3H,1-2H3,(H,14,15). The predicted octanol–water partition coefficient (Wildman–Crippen LogP) is 2.42. The van der Waals surface area contributed by atoms with Crippen molar-refractivity contribution in [3.8, 4) is 0 Å². The van der Waals surface area contributed by atoms with Crippen LogP contribution >= 0.6 is 0 Å². The Morgan fingerprint density at radius 2 is 1.93 bits per heavy atom. The van der Waals surface area contributed by atoms with Crippen molar-refractivity contribution in [1.29, 1.82) is 0 Å². The number of alkyl halides is 3. The third-order valence-electron chi connectivity index (χ3n) is 1.85. The first-order valence-electron chi connectivity index (χ1n) is 4.02. The van der Waals surface area contributed by atoms with E-state index in [0.29, 0.717) is 0 Å². The van der Waals surface area contributed by atoms with E-state index in [1.54, 1.807) is 0 Å². The normalized spacial score (nSPS) is 11.5. The molecule has 3 nitrogen and oxygen atoms in total. The number of hydrogen-bond acceptors (Lipinski definition) is 2. The molecule has 0 atom stereocenters. The van der Waals surface area contributed by atoms with Gasteiger partial charge < -0.3 is 5.11 Å². The smallest absolute Gasteiger partial charge is 0.417 e. The van der Waals surface area contributed by atoms with Gasteiger partial charge in [-0.2, -0.15) is 13.2 Å². The summed E-state index contributed by atoms with van der Waals surface area (Å²) in [4.78, 5) is 14.3. The summed E-state index contributed by atoms with van der Waals surface area (Å²) in [5.74, 6) is -1.62. The summed E-state index contributed by atoms with van der Waals surface area (Å²) in [6.07, 6.45) is -4.67. The predicted molar refractivity (Wildman–Crippen MR) is 45.7 cm³/mol. The molecule has 1 N–H and O–H groups in total. The second-order valence-electron chi connectivity index (χ2n) is 3.07. The van der Waals surface area contributed by atoms with Gasteiger partial charge in [-0.3, -0.25) is 4.98 Å². The quantitative estimate of drug-likeness (QED) is 0.789. The maximum absolute atomic E-state index is 12.5. The second-order valence-corrected chi connectivity index (χ2v) is 3.07. The van der Waals surface area contributed by atoms with E-state index in [2.05, 4.69) is 4.98 Å². The van der Waals surface area contributed by atoms with E-state index < -0.39 is 23.3 Å². The Balaban J connectivity index is 3.54. The van der Waals surface area contributed by atoms with Gasteiger partial charge in [-0.05, 0) is 19.9 Å². The molecule has 0 saturated carbocycles. The molecule has 1 heterocycles. The number of aromatic carboxylic acids is 1. The van der Waals surface area contributed by atoms with Crippen molar-refractivity contribution in [2.24, 2.45) is 0 Å². The van der Waals surface area contributed by atoms with Gasteiger partial charge in [0.05, 0.1) is 16.8 Å². The molecule has 0 aromatic carbocycles. The molecule has 1 rings (SSSR count). The van der Waals surface area contributed by atoms with Gasteiger partial charge in [0.1, 0.15) is 0 Å². The average Bonchev–Trinajstić information content (AvgIpc) is 1.99. The molecule has 0 aliphatic rings. The van der Waals surface area contributed by atoms with E-state index in [1.165, 1.54) is 13.8 Å². The number of nitrogens with zero attached hydrogens (tertiary/aromatic N) is 1. The van der Waals surface area contributed by atoms with Gasteiger partial charge in [0, 0.05) is 5.69 Å². The molecule has 6 heteroatoms. The van der Waals surface area contributed by atoms with Crippen LogP contribution in [-0.4, -0.2) is 16.1 Å². The van der Waals surface area contributed by atoms with Crippen molar-refractivity contribution in [1.82, 2.24) is 4.98 Å². The SMILES string of the molecule is Cc1cc(C(F)(F)F)c(C(=O)O)c(C)n1. The van der Waals surface area contributed by atoms with Crippen LogP contribution in [0.25, 0.3) is 0 Å². The third-order valence-corrected chi connectivity index (χ3v) is 1.85. The van der Waals surface area contributed by atoms with Crippen molar-refractivity contribution in [3.05, 3.63) is 28.6 Å². The molecule has 0 bridgehead atoms. The number of carboxylic acid groups (broad SMARTS) is 1. The lowest BCUT2D eigenvalue weighted by molar-refractivity contribution is -0.138. The summed E-state index contributed by atoms with van der Waals surface area (Å²) in [5, 5.41) is 8.66. The monoisotopic (exact) mass is 219 g/mol. The van der Waals surface area contributed by atoms with Gasteiger partial charge in [0.15, 0.2) is 0 Å². The maximum Gasteiger partial charge on any atom is 0.417 e. The minimum Gasteiger partial charge on any atom is -0.478 e. The molecule has 15 heavy (non-hydrogen) atoms. The molecular formula is C9H8F3NO2. The van der Waals surface area contributed by atoms with Gasteiger partial charge in [-0.15, -0.1) is 0 Å². The Labute approximate surface area is 83.6 Å². The number of rotatable bonds is 1. The summed E-state index contributed by atoms with van der Waals surface area (Å²) < 4.78 is 37.4. The number of pyridine rings is 1. The zero-order valence-electron chi connectivity index (χ0n) is 8.01. The number of carbonyl (C=O) groups is 1. The lowest BCUT2D eigenvalue weighted by Gasteiger charge is -2.12. The zero-order valence-corrected chi connectivity index (χ0v) is 8.01. The number of aryl methyl sites for hydroxylation is 2. The average molecular weight is 219 g/mol. The number of carboxylic acids is 1. The van der Waals surface area contributed by atoms with Crippen LogP contribution in [0.2, 0.25) is 0 Å². The van der Waals surface area contributed by atoms with Crippen molar-refractivity contribution >= 4 is 5.97 Å². The van der Waals surface area contributed by atoms with E-state index in [4.69, 9.17) is 5.11 Å². The van der Waals surface area contributed by atoms with Crippen LogP contribution < -0.4 is 0 Å². The van der Waals surface area contributed by atoms with Gasteiger partial charge >= 0.3 is 12.1 Å². The first-order valence-corrected chi connectivity index (χ1v) is 4.02. The van der Waals surface area contributed by atoms with Crippen molar-refractivity contribution in [3.63, 3.8) is 0 Å². The fourth-order valence-corrected chi connectivity index (χ4v) is 1.32. The van der Waals surface area contributed by atoms with E-state index >= 15 is 0 Å². The number of aromatic nitrogens is 1. The third kappa shape index (κ3) is 2.26. The highest BCUT2D eigenvalue weighted by molar-refractivity contribution is 5.90. The number of halogens is 3. The Morgan fingerprint density at radius 3 is 2.33 bits per heavy atom. The summed E-state index contributed by atoms with van der Waals surface area (Å²) in [6.45, 7) is 2.62. The highest BCUT2D eigenvalue weighted by Crippen LogP contribution is 2.33. The zero-order chi connectivity index (χ0) is 11.8. The molecule has 1 aromatic heterocycles. The lowest BCUT2D eigenvalue weighted by atomic mass is 10.1. The van der Waals surface area contributed by atoms with Gasteiger partial charge in [-0.25, -0.2) is 4.79 Å². The molecular weight excluding hydrogens is 211 g/mol. The molecule has 82 valence electrons. The minimum atomic E-state index is -4.67. The second kappa shape index (κ2) is 3.52. The molecule has 1 aromatic rings. The molecule has 0 amide bonds. The molecule has 0 saturated heterocycles. The first kappa shape index (κ1) is 11.5. The van der Waals surface area contributed by atoms with Crippen molar-refractivity contribution in [2.75, 3.05) is 0 Å². The molecule has 0 spiro atoms. The van der Waals surface area contributed by atoms with Crippen molar-refractivity contribution < 1.29 is 23.1 Å². The van der Waals surface area contributed by atoms with Crippen LogP contribution in [0.3, 0.4) is 0 Å². The minimum absolute atomic E-state index is 0.130. The molecule has 0 fully saturated rings. The highest BCUT2D eigenvalue weighted by atomic mass is 19.4. The highest BCUT2D eigenvalue weighted by Gasteiger charge is 2.36. The lowest BCUT2D eigenvalue weighted by Crippen LogP contribution is -2.16. The molecule has 0 aliphatic heterocycles. The topological polar surface area (TPSA) is 50.2 Å². The first-order chi connectivity index (χ1) is 6.73. The fourth-order valence-electron chi connectivity index (χ4n) is 1.32. The van der Waals surface area contributed by atoms with Crippen LogP contribution in [-0.2, 0) is 6.18 Å². The summed E-state index contributed by atoms with van der Waals surface area (Å²) >= 11 is 0. The molecule has 0 unspecified atom stereocenters.